The van der Waals surface area contributed by atoms with E-state index in [1.54, 1.807) is 6.07 Å². The quantitative estimate of drug-likeness (QED) is 0.459. The molecule has 4 aromatic rings. The average Bonchev–Trinajstić information content (AvgIpc) is 2.86. The molecule has 1 aliphatic heterocycles. The van der Waals surface area contributed by atoms with Gasteiger partial charge in [0.1, 0.15) is 23.6 Å². The number of ether oxygens (including phenoxy) is 1. The van der Waals surface area contributed by atoms with E-state index < -0.39 is 11.9 Å². The molecule has 9 heteroatoms. The number of morpholine rings is 1. The molecule has 1 N–H and O–H groups in total. The molecule has 1 atom stereocenters. The molecule has 5 rings (SSSR count). The number of halogens is 1. The lowest BCUT2D eigenvalue weighted by atomic mass is 9.97. The van der Waals surface area contributed by atoms with Gasteiger partial charge in [0, 0.05) is 35.9 Å². The molecule has 33 heavy (non-hydrogen) atoms. The fourth-order valence-corrected chi connectivity index (χ4v) is 4.06. The summed E-state index contributed by atoms with van der Waals surface area (Å²) in [5, 5.41) is 13.9. The molecule has 0 aliphatic carbocycles. The average molecular weight is 445 g/mol. The second-order valence-electron chi connectivity index (χ2n) is 7.68. The number of aromatic hydroxyl groups is 1. The lowest BCUT2D eigenvalue weighted by Crippen LogP contribution is -2.36. The highest BCUT2D eigenvalue weighted by Gasteiger charge is 2.22. The van der Waals surface area contributed by atoms with Gasteiger partial charge in [-0.3, -0.25) is 4.98 Å². The Hall–Kier alpha value is -3.98. The third-order valence-electron chi connectivity index (χ3n) is 5.74. The van der Waals surface area contributed by atoms with Crippen LogP contribution in [0.15, 0.2) is 66.2 Å². The molecular formula is C24H20FN5O3. The van der Waals surface area contributed by atoms with Crippen molar-refractivity contribution in [3.8, 4) is 17.0 Å². The molecular weight excluding hydrogens is 425 g/mol. The first-order valence-electron chi connectivity index (χ1n) is 10.5. The number of nitrogens with zero attached hydrogens (tertiary/aromatic N) is 5. The SMILES string of the molecule is O=NC(c1ccc(F)c(-c2ncnc3cc(N4CCOCC4)ccc23)c1)c1ncccc1O. The van der Waals surface area contributed by atoms with Gasteiger partial charge >= 0.3 is 0 Å². The molecule has 1 unspecified atom stereocenters. The largest absolute Gasteiger partial charge is 0.506 e. The maximum absolute atomic E-state index is 14.9. The molecule has 1 fully saturated rings. The van der Waals surface area contributed by atoms with E-state index in [-0.39, 0.29) is 17.0 Å². The molecule has 0 radical (unpaired) electrons. The molecule has 0 bridgehead atoms. The van der Waals surface area contributed by atoms with E-state index in [0.29, 0.717) is 35.4 Å². The first kappa shape index (κ1) is 20.9. The zero-order valence-electron chi connectivity index (χ0n) is 17.6. The van der Waals surface area contributed by atoms with Crippen molar-refractivity contribution in [2.45, 2.75) is 6.04 Å². The number of hydrogen-bond acceptors (Lipinski definition) is 8. The minimum Gasteiger partial charge on any atom is -0.506 e. The molecule has 3 heterocycles. The predicted molar refractivity (Wildman–Crippen MR) is 122 cm³/mol. The van der Waals surface area contributed by atoms with Gasteiger partial charge in [-0.15, -0.1) is 4.91 Å². The number of benzene rings is 2. The van der Waals surface area contributed by atoms with Gasteiger partial charge in [0.15, 0.2) is 6.04 Å². The van der Waals surface area contributed by atoms with Gasteiger partial charge in [0.05, 0.1) is 24.4 Å². The maximum Gasteiger partial charge on any atom is 0.162 e. The Morgan fingerprint density at radius 3 is 2.70 bits per heavy atom. The van der Waals surface area contributed by atoms with Crippen LogP contribution in [0.4, 0.5) is 10.1 Å². The summed E-state index contributed by atoms with van der Waals surface area (Å²) in [6.45, 7) is 2.92. The van der Waals surface area contributed by atoms with Crippen molar-refractivity contribution in [1.29, 1.82) is 0 Å². The Morgan fingerprint density at radius 2 is 1.91 bits per heavy atom. The van der Waals surface area contributed by atoms with E-state index in [9.17, 15) is 14.4 Å². The van der Waals surface area contributed by atoms with Crippen molar-refractivity contribution in [1.82, 2.24) is 15.0 Å². The van der Waals surface area contributed by atoms with Gasteiger partial charge in [-0.25, -0.2) is 14.4 Å². The van der Waals surface area contributed by atoms with E-state index in [1.807, 2.05) is 18.2 Å². The fraction of sp³-hybridized carbons (Fsp3) is 0.208. The van der Waals surface area contributed by atoms with Crippen LogP contribution in [0.3, 0.4) is 0 Å². The Morgan fingerprint density at radius 1 is 1.06 bits per heavy atom. The minimum absolute atomic E-state index is 0.104. The van der Waals surface area contributed by atoms with Crippen LogP contribution in [0.25, 0.3) is 22.2 Å². The van der Waals surface area contributed by atoms with Crippen LogP contribution in [-0.4, -0.2) is 46.4 Å². The van der Waals surface area contributed by atoms with Crippen LogP contribution in [0.1, 0.15) is 17.3 Å². The Labute approximate surface area is 188 Å². The van der Waals surface area contributed by atoms with Crippen molar-refractivity contribution in [3.63, 3.8) is 0 Å². The Balaban J connectivity index is 1.58. The van der Waals surface area contributed by atoms with Crippen molar-refractivity contribution in [3.05, 3.63) is 83.0 Å². The monoisotopic (exact) mass is 445 g/mol. The van der Waals surface area contributed by atoms with Crippen LogP contribution in [0.5, 0.6) is 5.75 Å². The van der Waals surface area contributed by atoms with Crippen molar-refractivity contribution in [2.24, 2.45) is 5.18 Å². The normalized spacial score (nSPS) is 14.9. The highest BCUT2D eigenvalue weighted by molar-refractivity contribution is 5.94. The number of pyridine rings is 1. The van der Waals surface area contributed by atoms with Gasteiger partial charge in [0.2, 0.25) is 0 Å². The molecule has 2 aromatic heterocycles. The maximum atomic E-state index is 14.9. The molecule has 0 saturated carbocycles. The second kappa shape index (κ2) is 8.87. The summed E-state index contributed by atoms with van der Waals surface area (Å²) in [6.07, 6.45) is 2.86. The summed E-state index contributed by atoms with van der Waals surface area (Å²) in [7, 11) is 0. The standard InChI is InChI=1S/C24H20FN5O3/c25-19-6-3-15(22(29-32)24-21(31)2-1-7-26-24)12-18(19)23-17-5-4-16(13-20(17)27-14-28-23)30-8-10-33-11-9-30/h1-7,12-14,22,31H,8-11H2. The van der Waals surface area contributed by atoms with Crippen LogP contribution in [0, 0.1) is 10.7 Å². The summed E-state index contributed by atoms with van der Waals surface area (Å²) in [6, 6.07) is 11.9. The predicted octanol–water partition coefficient (Wildman–Crippen LogP) is 4.23. The topological polar surface area (TPSA) is 101 Å². The molecule has 1 saturated heterocycles. The van der Waals surface area contributed by atoms with Gasteiger partial charge in [-0.05, 0) is 48.0 Å². The minimum atomic E-state index is -1.09. The summed E-state index contributed by atoms with van der Waals surface area (Å²) in [4.78, 5) is 26.7. The third-order valence-corrected chi connectivity index (χ3v) is 5.74. The summed E-state index contributed by atoms with van der Waals surface area (Å²) >= 11 is 0. The van der Waals surface area contributed by atoms with Crippen LogP contribution < -0.4 is 4.90 Å². The number of fused-ring (bicyclic) bond motifs is 1. The highest BCUT2D eigenvalue weighted by atomic mass is 19.1. The zero-order valence-corrected chi connectivity index (χ0v) is 17.6. The van der Waals surface area contributed by atoms with Crippen molar-refractivity contribution < 1.29 is 14.2 Å². The number of aromatic nitrogens is 3. The number of nitroso groups, excluding NO2 is 1. The number of rotatable bonds is 5. The molecule has 0 spiro atoms. The zero-order chi connectivity index (χ0) is 22.8. The van der Waals surface area contributed by atoms with E-state index in [1.165, 1.54) is 36.8 Å². The highest BCUT2D eigenvalue weighted by Crippen LogP contribution is 2.35. The van der Waals surface area contributed by atoms with Gasteiger partial charge in [0.25, 0.3) is 0 Å². The Kier molecular flexibility index (Phi) is 5.62. The van der Waals surface area contributed by atoms with Crippen molar-refractivity contribution in [2.75, 3.05) is 31.2 Å². The van der Waals surface area contributed by atoms with E-state index in [2.05, 4.69) is 25.0 Å². The molecule has 0 amide bonds. The smallest absolute Gasteiger partial charge is 0.162 e. The van der Waals surface area contributed by atoms with Gasteiger partial charge < -0.3 is 14.7 Å². The van der Waals surface area contributed by atoms with Crippen LogP contribution in [-0.2, 0) is 4.74 Å². The second-order valence-corrected chi connectivity index (χ2v) is 7.68. The molecule has 1 aliphatic rings. The van der Waals surface area contributed by atoms with Crippen LogP contribution in [0.2, 0.25) is 0 Å². The summed E-state index contributed by atoms with van der Waals surface area (Å²) in [5.74, 6) is -0.651. The van der Waals surface area contributed by atoms with Crippen LogP contribution >= 0.6 is 0 Å². The lowest BCUT2D eigenvalue weighted by Gasteiger charge is -2.29. The molecule has 2 aromatic carbocycles. The molecule has 166 valence electrons. The first-order chi connectivity index (χ1) is 16.2. The number of anilines is 1. The lowest BCUT2D eigenvalue weighted by molar-refractivity contribution is 0.122. The van der Waals surface area contributed by atoms with Gasteiger partial charge in [-0.2, -0.15) is 0 Å². The fourth-order valence-electron chi connectivity index (χ4n) is 4.06. The third kappa shape index (κ3) is 3.98. The molecule has 8 nitrogen and oxygen atoms in total. The first-order valence-corrected chi connectivity index (χ1v) is 10.5. The van der Waals surface area contributed by atoms with Gasteiger partial charge in [-0.1, -0.05) is 11.2 Å². The van der Waals surface area contributed by atoms with E-state index in [4.69, 9.17) is 4.74 Å². The number of hydrogen-bond donors (Lipinski definition) is 1. The summed E-state index contributed by atoms with van der Waals surface area (Å²) in [5.41, 5.74) is 2.81. The van der Waals surface area contributed by atoms with E-state index >= 15 is 0 Å². The van der Waals surface area contributed by atoms with E-state index in [0.717, 1.165) is 18.8 Å². The van der Waals surface area contributed by atoms with Crippen molar-refractivity contribution >= 4 is 16.6 Å². The Bertz CT molecular complexity index is 1330. The summed E-state index contributed by atoms with van der Waals surface area (Å²) < 4.78 is 20.4.